The minimum atomic E-state index is -0.885. The molecule has 0 bridgehead atoms. The van der Waals surface area contributed by atoms with Crippen LogP contribution >= 0.6 is 0 Å². The van der Waals surface area contributed by atoms with Gasteiger partial charge in [0.25, 0.3) is 5.91 Å². The maximum absolute atomic E-state index is 12.8. The highest BCUT2D eigenvalue weighted by atomic mass is 16.5. The number of hydrogen-bond acceptors (Lipinski definition) is 3. The molecule has 1 amide bonds. The highest BCUT2D eigenvalue weighted by Gasteiger charge is 2.15. The monoisotopic (exact) mass is 378 g/mol. The number of aromatic nitrogens is 1. The van der Waals surface area contributed by atoms with E-state index in [2.05, 4.69) is 5.43 Å². The highest BCUT2D eigenvalue weighted by Crippen LogP contribution is 2.25. The number of carbonyl (C=O) groups is 2. The smallest absolute Gasteiger partial charge is 0.303 e. The van der Waals surface area contributed by atoms with Gasteiger partial charge in [0.05, 0.1) is 19.2 Å². The van der Waals surface area contributed by atoms with Crippen molar-refractivity contribution in [3.05, 3.63) is 77.5 Å². The molecule has 144 valence electrons. The number of ether oxygens (including phenoxy) is 1. The Morgan fingerprint density at radius 2 is 1.82 bits per heavy atom. The Morgan fingerprint density at radius 3 is 2.46 bits per heavy atom. The van der Waals surface area contributed by atoms with E-state index in [1.165, 1.54) is 0 Å². The van der Waals surface area contributed by atoms with Crippen molar-refractivity contribution in [1.29, 1.82) is 0 Å². The Bertz CT molecular complexity index is 990. The molecule has 0 aliphatic rings. The first kappa shape index (κ1) is 19.2. The normalized spacial score (nSPS) is 10.5. The van der Waals surface area contributed by atoms with Crippen molar-refractivity contribution < 1.29 is 19.4 Å². The summed E-state index contributed by atoms with van der Waals surface area (Å²) in [6, 6.07) is 18.5. The van der Waals surface area contributed by atoms with Gasteiger partial charge in [0.15, 0.2) is 0 Å². The minimum absolute atomic E-state index is 0.0214. The number of aryl methyl sites for hydroxylation is 2. The molecule has 3 aromatic rings. The Balaban J connectivity index is 1.96. The second-order valence-corrected chi connectivity index (χ2v) is 6.48. The third-order valence-corrected chi connectivity index (χ3v) is 4.44. The topological polar surface area (TPSA) is 80.6 Å². The number of carboxylic acid groups (broad SMARTS) is 1. The number of nitrogens with zero attached hydrogens (tertiary/aromatic N) is 1. The summed E-state index contributed by atoms with van der Waals surface area (Å²) in [5.41, 5.74) is 6.80. The molecule has 0 atom stereocenters. The maximum atomic E-state index is 12.8. The molecule has 1 heterocycles. The Morgan fingerprint density at radius 1 is 1.07 bits per heavy atom. The number of nitrogens with one attached hydrogen (secondary N) is 1. The van der Waals surface area contributed by atoms with Crippen LogP contribution in [-0.4, -0.2) is 28.8 Å². The fourth-order valence-corrected chi connectivity index (χ4v) is 2.98. The molecule has 1 aromatic heterocycles. The average Bonchev–Trinajstić information content (AvgIpc) is 3.08. The van der Waals surface area contributed by atoms with Crippen LogP contribution < -0.4 is 10.2 Å². The number of hydrogen-bond donors (Lipinski definition) is 2. The van der Waals surface area contributed by atoms with Gasteiger partial charge < -0.3 is 9.84 Å². The molecule has 28 heavy (non-hydrogen) atoms. The van der Waals surface area contributed by atoms with Gasteiger partial charge in [-0.1, -0.05) is 17.7 Å². The second kappa shape index (κ2) is 8.43. The van der Waals surface area contributed by atoms with Gasteiger partial charge >= 0.3 is 5.97 Å². The molecule has 6 heteroatoms. The van der Waals surface area contributed by atoms with Gasteiger partial charge in [-0.2, -0.15) is 0 Å². The lowest BCUT2D eigenvalue weighted by atomic mass is 10.1. The SMILES string of the molecule is COc1ccc(-c2ccc(CCC(=O)O)n2NC(=O)c2cccc(C)c2)cc1. The van der Waals surface area contributed by atoms with E-state index in [1.807, 2.05) is 61.5 Å². The summed E-state index contributed by atoms with van der Waals surface area (Å²) >= 11 is 0. The molecule has 3 rings (SSSR count). The quantitative estimate of drug-likeness (QED) is 0.654. The molecule has 0 aliphatic heterocycles. The third kappa shape index (κ3) is 4.40. The van der Waals surface area contributed by atoms with E-state index in [0.29, 0.717) is 17.7 Å². The van der Waals surface area contributed by atoms with Gasteiger partial charge in [0, 0.05) is 23.2 Å². The second-order valence-electron chi connectivity index (χ2n) is 6.48. The number of amides is 1. The number of carboxylic acids is 1. The zero-order valence-corrected chi connectivity index (χ0v) is 15.8. The molecule has 0 aliphatic carbocycles. The summed E-state index contributed by atoms with van der Waals surface area (Å²) < 4.78 is 6.86. The summed E-state index contributed by atoms with van der Waals surface area (Å²) in [4.78, 5) is 23.8. The van der Waals surface area contributed by atoms with Crippen molar-refractivity contribution in [1.82, 2.24) is 4.68 Å². The summed E-state index contributed by atoms with van der Waals surface area (Å²) in [5.74, 6) is -0.410. The predicted molar refractivity (Wildman–Crippen MR) is 107 cm³/mol. The molecular formula is C22H22N2O4. The van der Waals surface area contributed by atoms with E-state index in [4.69, 9.17) is 9.84 Å². The van der Waals surface area contributed by atoms with Crippen molar-refractivity contribution in [3.8, 4) is 17.0 Å². The summed E-state index contributed by atoms with van der Waals surface area (Å²) in [6.07, 6.45) is 0.284. The van der Waals surface area contributed by atoms with E-state index < -0.39 is 5.97 Å². The molecule has 0 fully saturated rings. The molecule has 0 spiro atoms. The van der Waals surface area contributed by atoms with E-state index in [9.17, 15) is 9.59 Å². The van der Waals surface area contributed by atoms with Crippen molar-refractivity contribution >= 4 is 11.9 Å². The number of carbonyl (C=O) groups excluding carboxylic acids is 1. The molecule has 0 radical (unpaired) electrons. The lowest BCUT2D eigenvalue weighted by Gasteiger charge is -2.15. The van der Waals surface area contributed by atoms with Crippen LogP contribution in [0.4, 0.5) is 0 Å². The standard InChI is InChI=1S/C22H22N2O4/c1-15-4-3-5-17(14-15)22(27)23-24-18(9-13-21(25)26)8-12-20(24)16-6-10-19(28-2)11-7-16/h3-8,10-12,14H,9,13H2,1-2H3,(H,23,27)(H,25,26). The fourth-order valence-electron chi connectivity index (χ4n) is 2.98. The van der Waals surface area contributed by atoms with Gasteiger partial charge in [0.1, 0.15) is 5.75 Å². The summed E-state index contributed by atoms with van der Waals surface area (Å²) in [6.45, 7) is 1.92. The highest BCUT2D eigenvalue weighted by molar-refractivity contribution is 6.00. The number of rotatable bonds is 7. The van der Waals surface area contributed by atoms with Crippen LogP contribution in [0, 0.1) is 6.92 Å². The Labute approximate surface area is 163 Å². The fraction of sp³-hybridized carbons (Fsp3) is 0.182. The van der Waals surface area contributed by atoms with Crippen LogP contribution in [0.2, 0.25) is 0 Å². The van der Waals surface area contributed by atoms with Crippen molar-refractivity contribution in [3.63, 3.8) is 0 Å². The van der Waals surface area contributed by atoms with Crippen molar-refractivity contribution in [2.24, 2.45) is 0 Å². The van der Waals surface area contributed by atoms with Crippen LogP contribution in [-0.2, 0) is 11.2 Å². The third-order valence-electron chi connectivity index (χ3n) is 4.44. The zero-order chi connectivity index (χ0) is 20.1. The number of benzene rings is 2. The van der Waals surface area contributed by atoms with Crippen LogP contribution in [0.3, 0.4) is 0 Å². The number of aliphatic carboxylic acids is 1. The van der Waals surface area contributed by atoms with E-state index in [1.54, 1.807) is 17.9 Å². The molecule has 0 saturated carbocycles. The van der Waals surface area contributed by atoms with Gasteiger partial charge in [0.2, 0.25) is 0 Å². The average molecular weight is 378 g/mol. The first-order valence-electron chi connectivity index (χ1n) is 8.93. The van der Waals surface area contributed by atoms with E-state index >= 15 is 0 Å². The Hall–Kier alpha value is -3.54. The molecule has 0 unspecified atom stereocenters. The van der Waals surface area contributed by atoms with E-state index in [0.717, 1.165) is 22.6 Å². The maximum Gasteiger partial charge on any atom is 0.303 e. The molecule has 2 aromatic carbocycles. The Kier molecular flexibility index (Phi) is 5.79. The zero-order valence-electron chi connectivity index (χ0n) is 15.8. The van der Waals surface area contributed by atoms with Crippen LogP contribution in [0.1, 0.15) is 28.0 Å². The molecule has 6 nitrogen and oxygen atoms in total. The summed E-state index contributed by atoms with van der Waals surface area (Å²) in [5, 5.41) is 9.03. The molecule has 0 saturated heterocycles. The molecule has 2 N–H and O–H groups in total. The molecular weight excluding hydrogens is 356 g/mol. The minimum Gasteiger partial charge on any atom is -0.497 e. The van der Waals surface area contributed by atoms with E-state index in [-0.39, 0.29) is 12.3 Å². The lowest BCUT2D eigenvalue weighted by Crippen LogP contribution is -2.25. The van der Waals surface area contributed by atoms with Gasteiger partial charge in [-0.05, 0) is 55.5 Å². The predicted octanol–water partition coefficient (Wildman–Crippen LogP) is 3.87. The van der Waals surface area contributed by atoms with Gasteiger partial charge in [-0.3, -0.25) is 19.7 Å². The summed E-state index contributed by atoms with van der Waals surface area (Å²) in [7, 11) is 1.60. The van der Waals surface area contributed by atoms with Gasteiger partial charge in [-0.25, -0.2) is 0 Å². The van der Waals surface area contributed by atoms with Crippen LogP contribution in [0.25, 0.3) is 11.3 Å². The largest absolute Gasteiger partial charge is 0.497 e. The van der Waals surface area contributed by atoms with Crippen molar-refractivity contribution in [2.75, 3.05) is 12.5 Å². The lowest BCUT2D eigenvalue weighted by molar-refractivity contribution is -0.136. The number of methoxy groups -OCH3 is 1. The van der Waals surface area contributed by atoms with Crippen LogP contribution in [0.5, 0.6) is 5.75 Å². The van der Waals surface area contributed by atoms with Crippen molar-refractivity contribution in [2.45, 2.75) is 19.8 Å². The first-order chi connectivity index (χ1) is 13.5. The van der Waals surface area contributed by atoms with Crippen LogP contribution in [0.15, 0.2) is 60.7 Å². The first-order valence-corrected chi connectivity index (χ1v) is 8.93. The van der Waals surface area contributed by atoms with Gasteiger partial charge in [-0.15, -0.1) is 0 Å².